The number of H-pyrrole nitrogens is 1. The van der Waals surface area contributed by atoms with Crippen LogP contribution in [0.15, 0.2) is 27.9 Å². The maximum atomic E-state index is 13.1. The molecule has 12 nitrogen and oxygen atoms in total. The van der Waals surface area contributed by atoms with Crippen molar-refractivity contribution in [3.63, 3.8) is 0 Å². The van der Waals surface area contributed by atoms with Gasteiger partial charge in [0.1, 0.15) is 17.1 Å². The smallest absolute Gasteiger partial charge is 0.490 e. The van der Waals surface area contributed by atoms with Crippen LogP contribution < -0.4 is 20.3 Å². The van der Waals surface area contributed by atoms with Crippen molar-refractivity contribution in [3.05, 3.63) is 34.2 Å². The molecule has 3 heterocycles. The lowest BCUT2D eigenvalue weighted by Gasteiger charge is -2.37. The van der Waals surface area contributed by atoms with Gasteiger partial charge in [-0.15, -0.1) is 0 Å². The minimum absolute atomic E-state index is 0.0515. The van der Waals surface area contributed by atoms with Crippen LogP contribution in [0.5, 0.6) is 5.75 Å². The van der Waals surface area contributed by atoms with Crippen LogP contribution in [0.1, 0.15) is 26.0 Å². The summed E-state index contributed by atoms with van der Waals surface area (Å²) in [6, 6.07) is 2.72. The molecule has 3 N–H and O–H groups in total. The Labute approximate surface area is 214 Å². The molecule has 2 atom stereocenters. The Kier molecular flexibility index (Phi) is 7.49. The molecule has 0 aliphatic carbocycles. The first-order chi connectivity index (χ1) is 17.9. The van der Waals surface area contributed by atoms with Crippen molar-refractivity contribution in [2.24, 2.45) is 7.05 Å². The van der Waals surface area contributed by atoms with Crippen molar-refractivity contribution in [1.29, 1.82) is 0 Å². The van der Waals surface area contributed by atoms with Crippen molar-refractivity contribution in [2.45, 2.75) is 50.0 Å². The molecule has 1 aromatic carbocycles. The van der Waals surface area contributed by atoms with E-state index in [4.69, 9.17) is 4.74 Å². The first kappa shape index (κ1) is 27.5. The number of aromatic nitrogens is 4. The number of sulfonamides is 1. The molecular weight excluding hydrogens is 533 g/mol. The molecule has 1 saturated heterocycles. The number of benzene rings is 1. The van der Waals surface area contributed by atoms with Gasteiger partial charge in [0.05, 0.1) is 28.8 Å². The van der Waals surface area contributed by atoms with Gasteiger partial charge in [-0.05, 0) is 31.5 Å². The third-order valence-corrected chi connectivity index (χ3v) is 7.23. The Morgan fingerprint density at radius 2 is 2.03 bits per heavy atom. The molecule has 0 bridgehead atoms. The van der Waals surface area contributed by atoms with E-state index in [1.165, 1.54) is 22.9 Å². The molecule has 0 spiro atoms. The van der Waals surface area contributed by atoms with Gasteiger partial charge in [0, 0.05) is 13.6 Å². The number of esters is 1. The highest BCUT2D eigenvalue weighted by Crippen LogP contribution is 2.31. The lowest BCUT2D eigenvalue weighted by molar-refractivity contribution is -0.210. The molecule has 1 aliphatic heterocycles. The highest BCUT2D eigenvalue weighted by Gasteiger charge is 2.46. The molecule has 1 aliphatic rings. The molecule has 206 valence electrons. The zero-order valence-electron chi connectivity index (χ0n) is 20.5. The van der Waals surface area contributed by atoms with Crippen LogP contribution in [0.25, 0.3) is 22.4 Å². The zero-order chi connectivity index (χ0) is 27.8. The van der Waals surface area contributed by atoms with Gasteiger partial charge < -0.3 is 14.5 Å². The van der Waals surface area contributed by atoms with Crippen LogP contribution in [0, 0.1) is 0 Å². The van der Waals surface area contributed by atoms with Crippen molar-refractivity contribution < 1.29 is 35.9 Å². The van der Waals surface area contributed by atoms with Crippen LogP contribution in [-0.2, 0) is 33.0 Å². The molecule has 0 radical (unpaired) electrons. The summed E-state index contributed by atoms with van der Waals surface area (Å²) in [5.74, 6) is -2.14. The van der Waals surface area contributed by atoms with Crippen molar-refractivity contribution in [2.75, 3.05) is 13.2 Å². The van der Waals surface area contributed by atoms with E-state index in [0.29, 0.717) is 17.6 Å². The molecule has 16 heteroatoms. The number of aryl methyl sites for hydroxylation is 2. The maximum Gasteiger partial charge on any atom is 0.490 e. The fourth-order valence-electron chi connectivity index (χ4n) is 3.93. The van der Waals surface area contributed by atoms with E-state index in [2.05, 4.69) is 29.8 Å². The molecule has 2 unspecified atom stereocenters. The number of carbonyl (C=O) groups excluding carboxylic acids is 1. The number of ether oxygens (including phenoxy) is 2. The standard InChI is InChI=1S/C22H25F3N6O6S/c1-4-6-13-16-17(31(3)29-13)19(32)28-18(27-16)12-9-11(7-8-15(12)36-5-2)38(34,35)30-14-10-26-20(14)37-21(33)22(23,24)25/h7-9,14,20,26,30H,4-6,10H2,1-3H3,(H,27,28,32). The summed E-state index contributed by atoms with van der Waals surface area (Å²) < 4.78 is 77.3. The first-order valence-corrected chi connectivity index (χ1v) is 13.1. The highest BCUT2D eigenvalue weighted by molar-refractivity contribution is 7.89. The van der Waals surface area contributed by atoms with Crippen molar-refractivity contribution >= 4 is 27.0 Å². The predicted molar refractivity (Wildman–Crippen MR) is 128 cm³/mol. The van der Waals surface area contributed by atoms with Crippen LogP contribution >= 0.6 is 0 Å². The third kappa shape index (κ3) is 5.37. The molecule has 0 amide bonds. The van der Waals surface area contributed by atoms with Crippen molar-refractivity contribution in [1.82, 2.24) is 29.8 Å². The monoisotopic (exact) mass is 558 g/mol. The fourth-order valence-corrected chi connectivity index (χ4v) is 5.19. The van der Waals surface area contributed by atoms with Gasteiger partial charge in [0.25, 0.3) is 5.56 Å². The lowest BCUT2D eigenvalue weighted by atomic mass is 10.1. The Bertz CT molecular complexity index is 1530. The molecule has 0 saturated carbocycles. The largest absolute Gasteiger partial charge is 0.493 e. The summed E-state index contributed by atoms with van der Waals surface area (Å²) in [5, 5.41) is 6.80. The fraction of sp³-hybridized carbons (Fsp3) is 0.455. The second-order valence-electron chi connectivity index (χ2n) is 8.48. The number of alkyl halides is 3. The van der Waals surface area contributed by atoms with E-state index >= 15 is 0 Å². The Morgan fingerprint density at radius 3 is 2.63 bits per heavy atom. The number of hydrogen-bond acceptors (Lipinski definition) is 9. The Hall–Kier alpha value is -3.50. The van der Waals surface area contributed by atoms with Gasteiger partial charge in [-0.3, -0.25) is 14.8 Å². The lowest BCUT2D eigenvalue weighted by Crippen LogP contribution is -2.66. The van der Waals surface area contributed by atoms with E-state index in [1.54, 1.807) is 14.0 Å². The second kappa shape index (κ2) is 10.3. The van der Waals surface area contributed by atoms with E-state index < -0.39 is 40.0 Å². The number of aromatic amines is 1. The Morgan fingerprint density at radius 1 is 1.29 bits per heavy atom. The summed E-state index contributed by atoms with van der Waals surface area (Å²) in [7, 11) is -2.68. The van der Waals surface area contributed by atoms with Gasteiger partial charge >= 0.3 is 12.1 Å². The van der Waals surface area contributed by atoms with Gasteiger partial charge in [0.2, 0.25) is 10.0 Å². The number of rotatable bonds is 9. The normalized spacial score (nSPS) is 17.8. The van der Waals surface area contributed by atoms with E-state index in [-0.39, 0.29) is 40.7 Å². The van der Waals surface area contributed by atoms with E-state index in [9.17, 15) is 31.2 Å². The topological polar surface area (TPSA) is 157 Å². The van der Waals surface area contributed by atoms with Crippen LogP contribution in [0.4, 0.5) is 13.2 Å². The third-order valence-electron chi connectivity index (χ3n) is 5.74. The van der Waals surface area contributed by atoms with E-state index in [0.717, 1.165) is 6.42 Å². The average molecular weight is 559 g/mol. The quantitative estimate of drug-likeness (QED) is 0.330. The molecule has 1 fully saturated rings. The summed E-state index contributed by atoms with van der Waals surface area (Å²) >= 11 is 0. The van der Waals surface area contributed by atoms with Gasteiger partial charge in [-0.25, -0.2) is 22.9 Å². The average Bonchev–Trinajstić information content (AvgIpc) is 3.15. The maximum absolute atomic E-state index is 13.1. The number of fused-ring (bicyclic) bond motifs is 1. The summed E-state index contributed by atoms with van der Waals surface area (Å²) in [6.07, 6.45) is -5.39. The summed E-state index contributed by atoms with van der Waals surface area (Å²) in [4.78, 5) is 30.9. The number of hydrogen-bond donors (Lipinski definition) is 3. The SMILES string of the molecule is CCCc1nn(C)c2c(=O)[nH]c(-c3cc(S(=O)(=O)NC4CNC4OC(=O)C(F)(F)F)ccc3OCC)nc12. The number of carbonyl (C=O) groups is 1. The van der Waals surface area contributed by atoms with Crippen LogP contribution in [-0.4, -0.2) is 65.7 Å². The molecule has 4 rings (SSSR count). The van der Waals surface area contributed by atoms with Gasteiger partial charge in [-0.2, -0.15) is 18.3 Å². The first-order valence-electron chi connectivity index (χ1n) is 11.6. The van der Waals surface area contributed by atoms with E-state index in [1.807, 2.05) is 6.92 Å². The van der Waals surface area contributed by atoms with Gasteiger partial charge in [0.15, 0.2) is 11.7 Å². The second-order valence-corrected chi connectivity index (χ2v) is 10.2. The number of nitrogens with one attached hydrogen (secondary N) is 3. The van der Waals surface area contributed by atoms with Crippen LogP contribution in [0.3, 0.4) is 0 Å². The zero-order valence-corrected chi connectivity index (χ0v) is 21.4. The van der Waals surface area contributed by atoms with Crippen molar-refractivity contribution in [3.8, 4) is 17.1 Å². The molecule has 2 aromatic heterocycles. The number of nitrogens with zero attached hydrogens (tertiary/aromatic N) is 3. The van der Waals surface area contributed by atoms with Gasteiger partial charge in [-0.1, -0.05) is 13.3 Å². The summed E-state index contributed by atoms with van der Waals surface area (Å²) in [6.45, 7) is 3.85. The minimum atomic E-state index is -5.22. The number of halogens is 3. The highest BCUT2D eigenvalue weighted by atomic mass is 32.2. The molecule has 38 heavy (non-hydrogen) atoms. The molecular formula is C22H25F3N6O6S. The minimum Gasteiger partial charge on any atom is -0.493 e. The summed E-state index contributed by atoms with van der Waals surface area (Å²) in [5.41, 5.74) is 0.935. The van der Waals surface area contributed by atoms with Crippen LogP contribution in [0.2, 0.25) is 0 Å². The Balaban J connectivity index is 1.70. The molecule has 3 aromatic rings. The predicted octanol–water partition coefficient (Wildman–Crippen LogP) is 1.36.